The number of nitrogens with zero attached hydrogens (tertiary/aromatic N) is 2. The summed E-state index contributed by atoms with van der Waals surface area (Å²) in [6, 6.07) is 25.3. The molecule has 2 saturated heterocycles. The van der Waals surface area contributed by atoms with Crippen LogP contribution in [0.25, 0.3) is 10.8 Å². The lowest BCUT2D eigenvalue weighted by Crippen LogP contribution is -2.45. The molecule has 41 heavy (non-hydrogen) atoms. The van der Waals surface area contributed by atoms with Crippen molar-refractivity contribution in [3.8, 4) is 5.75 Å². The molecule has 2 heterocycles. The van der Waals surface area contributed by atoms with E-state index in [1.165, 1.54) is 0 Å². The Morgan fingerprint density at radius 2 is 1.54 bits per heavy atom. The third-order valence-corrected chi connectivity index (χ3v) is 8.26. The molecule has 2 unspecified atom stereocenters. The molecule has 0 saturated carbocycles. The number of aromatic hydroxyl groups is 1. The minimum absolute atomic E-state index is 0.0678. The zero-order valence-electron chi connectivity index (χ0n) is 22.3. The molecule has 2 aliphatic heterocycles. The predicted octanol–water partition coefficient (Wildman–Crippen LogP) is 3.67. The molecule has 8 nitrogen and oxygen atoms in total. The quantitative estimate of drug-likeness (QED) is 0.382. The maximum Gasteiger partial charge on any atom is 0.255 e. The first-order chi connectivity index (χ1) is 19.8. The maximum atomic E-state index is 14.3. The van der Waals surface area contributed by atoms with Crippen LogP contribution in [-0.4, -0.2) is 63.6 Å². The van der Waals surface area contributed by atoms with Gasteiger partial charge in [0.25, 0.3) is 5.91 Å². The molecule has 8 heteroatoms. The largest absolute Gasteiger partial charge is 0.508 e. The Kier molecular flexibility index (Phi) is 6.75. The van der Waals surface area contributed by atoms with Crippen molar-refractivity contribution in [2.45, 2.75) is 30.8 Å². The number of ketones is 1. The van der Waals surface area contributed by atoms with E-state index in [0.717, 1.165) is 16.3 Å². The molecular formula is C33H29N3O5. The number of benzene rings is 4. The molecule has 0 spiro atoms. The fraction of sp³-hybridized carbons (Fsp3) is 0.212. The Balaban J connectivity index is 1.32. The highest BCUT2D eigenvalue weighted by molar-refractivity contribution is 6.10. The Hall–Kier alpha value is -4.98. The molecule has 2 aliphatic rings. The summed E-state index contributed by atoms with van der Waals surface area (Å²) < 4.78 is 0. The van der Waals surface area contributed by atoms with E-state index in [0.29, 0.717) is 24.1 Å². The van der Waals surface area contributed by atoms with Gasteiger partial charge in [-0.3, -0.25) is 19.2 Å². The van der Waals surface area contributed by atoms with Gasteiger partial charge in [0.2, 0.25) is 11.8 Å². The highest BCUT2D eigenvalue weighted by atomic mass is 16.3. The van der Waals surface area contributed by atoms with E-state index in [2.05, 4.69) is 0 Å². The average Bonchev–Trinajstić information content (AvgIpc) is 3.57. The van der Waals surface area contributed by atoms with E-state index >= 15 is 0 Å². The average molecular weight is 548 g/mol. The number of phenolic OH excluding ortho intramolecular Hbond substituents is 1. The smallest absolute Gasteiger partial charge is 0.255 e. The highest BCUT2D eigenvalue weighted by Gasteiger charge is 2.52. The lowest BCUT2D eigenvalue weighted by molar-refractivity contribution is -0.137. The summed E-state index contributed by atoms with van der Waals surface area (Å²) in [6.07, 6.45) is 0.714. The van der Waals surface area contributed by atoms with Crippen molar-refractivity contribution < 1.29 is 24.3 Å². The molecule has 3 atom stereocenters. The van der Waals surface area contributed by atoms with Gasteiger partial charge in [-0.2, -0.15) is 0 Å². The molecule has 4 aromatic carbocycles. The van der Waals surface area contributed by atoms with Gasteiger partial charge in [-0.1, -0.05) is 66.7 Å². The number of rotatable bonds is 6. The highest BCUT2D eigenvalue weighted by Crippen LogP contribution is 2.36. The molecule has 2 fully saturated rings. The van der Waals surface area contributed by atoms with E-state index in [-0.39, 0.29) is 41.9 Å². The minimum atomic E-state index is -0.794. The van der Waals surface area contributed by atoms with Gasteiger partial charge in [-0.05, 0) is 59.0 Å². The second-order valence-electron chi connectivity index (χ2n) is 10.6. The minimum Gasteiger partial charge on any atom is -0.508 e. The van der Waals surface area contributed by atoms with Crippen LogP contribution >= 0.6 is 0 Å². The van der Waals surface area contributed by atoms with Crippen LogP contribution in [0, 0.1) is 0 Å². The fourth-order valence-electron chi connectivity index (χ4n) is 6.33. The molecular weight excluding hydrogens is 518 g/mol. The molecule has 0 aliphatic carbocycles. The lowest BCUT2D eigenvalue weighted by atomic mass is 9.87. The van der Waals surface area contributed by atoms with Gasteiger partial charge in [0.1, 0.15) is 11.8 Å². The van der Waals surface area contributed by atoms with Crippen molar-refractivity contribution in [3.05, 3.63) is 113 Å². The molecule has 3 amide bonds. The molecule has 6 rings (SSSR count). The standard InChI is InChI=1S/C33H29N3O5/c34-31(39)25-10-4-3-9-24(25)27(18-20-12-14-22(37)15-13-20)33(41)35-17-16-28-30(35)29(38)19-36(28)32(40)26-11-5-7-21-6-1-2-8-23(21)26/h1-15,27-28,30,37H,16-19H2,(H2,34,39)/t27-,28?,30?/m0/s1. The number of nitrogens with two attached hydrogens (primary N) is 1. The number of hydrogen-bond acceptors (Lipinski definition) is 5. The Labute approximate surface area is 237 Å². The van der Waals surface area contributed by atoms with Gasteiger partial charge >= 0.3 is 0 Å². The number of likely N-dealkylation sites (tertiary alicyclic amines) is 2. The fourth-order valence-corrected chi connectivity index (χ4v) is 6.33. The van der Waals surface area contributed by atoms with Crippen LogP contribution in [0.5, 0.6) is 5.75 Å². The molecule has 4 aromatic rings. The number of phenols is 1. The molecule has 0 radical (unpaired) electrons. The van der Waals surface area contributed by atoms with Gasteiger partial charge in [-0.15, -0.1) is 0 Å². The second-order valence-corrected chi connectivity index (χ2v) is 10.6. The Morgan fingerprint density at radius 3 is 2.32 bits per heavy atom. The number of Topliss-reactive ketones (excluding diaryl/α,β-unsaturated/α-hetero) is 1. The van der Waals surface area contributed by atoms with Gasteiger partial charge < -0.3 is 20.6 Å². The van der Waals surface area contributed by atoms with Crippen molar-refractivity contribution in [1.82, 2.24) is 9.80 Å². The van der Waals surface area contributed by atoms with Crippen molar-refractivity contribution in [2.75, 3.05) is 13.1 Å². The maximum absolute atomic E-state index is 14.3. The van der Waals surface area contributed by atoms with Crippen LogP contribution in [-0.2, 0) is 16.0 Å². The molecule has 206 valence electrons. The van der Waals surface area contributed by atoms with E-state index in [9.17, 15) is 24.3 Å². The summed E-state index contributed by atoms with van der Waals surface area (Å²) in [5, 5.41) is 11.5. The van der Waals surface area contributed by atoms with E-state index in [4.69, 9.17) is 5.73 Å². The first-order valence-corrected chi connectivity index (χ1v) is 13.6. The normalized spacial score (nSPS) is 18.9. The first-order valence-electron chi connectivity index (χ1n) is 13.6. The number of primary amides is 1. The predicted molar refractivity (Wildman–Crippen MR) is 153 cm³/mol. The zero-order chi connectivity index (χ0) is 28.7. The van der Waals surface area contributed by atoms with Crippen LogP contribution in [0.15, 0.2) is 91.0 Å². The number of amides is 3. The first kappa shape index (κ1) is 26.3. The topological polar surface area (TPSA) is 121 Å². The van der Waals surface area contributed by atoms with Crippen LogP contribution < -0.4 is 5.73 Å². The van der Waals surface area contributed by atoms with E-state index < -0.39 is 23.9 Å². The van der Waals surface area contributed by atoms with E-state index in [1.54, 1.807) is 64.4 Å². The number of fused-ring (bicyclic) bond motifs is 2. The number of carbonyl (C=O) groups excluding carboxylic acids is 4. The van der Waals surface area contributed by atoms with E-state index in [1.807, 2.05) is 36.4 Å². The van der Waals surface area contributed by atoms with Crippen molar-refractivity contribution >= 4 is 34.3 Å². The monoisotopic (exact) mass is 547 g/mol. The summed E-state index contributed by atoms with van der Waals surface area (Å²) in [5.41, 5.74) is 7.71. The third-order valence-electron chi connectivity index (χ3n) is 8.26. The lowest BCUT2D eigenvalue weighted by Gasteiger charge is -2.29. The van der Waals surface area contributed by atoms with Crippen LogP contribution in [0.2, 0.25) is 0 Å². The van der Waals surface area contributed by atoms with Crippen LogP contribution in [0.4, 0.5) is 0 Å². The van der Waals surface area contributed by atoms with Gasteiger partial charge in [-0.25, -0.2) is 0 Å². The molecule has 3 N–H and O–H groups in total. The van der Waals surface area contributed by atoms with Crippen LogP contribution in [0.1, 0.15) is 44.2 Å². The summed E-state index contributed by atoms with van der Waals surface area (Å²) in [7, 11) is 0. The van der Waals surface area contributed by atoms with Gasteiger partial charge in [0.05, 0.1) is 18.5 Å². The second kappa shape index (κ2) is 10.5. The Bertz CT molecular complexity index is 1680. The summed E-state index contributed by atoms with van der Waals surface area (Å²) in [6.45, 7) is 0.242. The summed E-state index contributed by atoms with van der Waals surface area (Å²) in [4.78, 5) is 57.0. The zero-order valence-corrected chi connectivity index (χ0v) is 22.3. The number of carbonyl (C=O) groups is 4. The SMILES string of the molecule is NC(=O)c1ccccc1[C@H](Cc1ccc(O)cc1)C(=O)N1CCC2C1C(=O)CN2C(=O)c1cccc2ccccc12. The molecule has 0 aromatic heterocycles. The molecule has 0 bridgehead atoms. The van der Waals surface area contributed by atoms with Crippen LogP contribution in [0.3, 0.4) is 0 Å². The van der Waals surface area contributed by atoms with Crippen molar-refractivity contribution in [3.63, 3.8) is 0 Å². The summed E-state index contributed by atoms with van der Waals surface area (Å²) >= 11 is 0. The number of hydrogen-bond donors (Lipinski definition) is 2. The van der Waals surface area contributed by atoms with Crippen molar-refractivity contribution in [1.29, 1.82) is 0 Å². The summed E-state index contributed by atoms with van der Waals surface area (Å²) in [5.74, 6) is -2.04. The van der Waals surface area contributed by atoms with Gasteiger partial charge in [0.15, 0.2) is 5.78 Å². The third kappa shape index (κ3) is 4.71. The van der Waals surface area contributed by atoms with Crippen molar-refractivity contribution in [2.24, 2.45) is 5.73 Å². The van der Waals surface area contributed by atoms with Gasteiger partial charge in [0, 0.05) is 17.7 Å². The Morgan fingerprint density at radius 1 is 0.854 bits per heavy atom.